The second kappa shape index (κ2) is 6.60. The molecule has 0 aliphatic carbocycles. The molecular weight excluding hydrogens is 330 g/mol. The number of methoxy groups -OCH3 is 1. The zero-order chi connectivity index (χ0) is 16.4. The van der Waals surface area contributed by atoms with Gasteiger partial charge in [-0.2, -0.15) is 0 Å². The Labute approximate surface area is 143 Å². The predicted octanol–water partition coefficient (Wildman–Crippen LogP) is 5.05. The molecule has 0 spiro atoms. The van der Waals surface area contributed by atoms with Crippen LogP contribution in [0.1, 0.15) is 28.2 Å². The molecule has 0 saturated heterocycles. The van der Waals surface area contributed by atoms with Crippen LogP contribution in [0.4, 0.5) is 0 Å². The van der Waals surface area contributed by atoms with E-state index in [9.17, 15) is 4.79 Å². The van der Waals surface area contributed by atoms with E-state index in [-0.39, 0.29) is 11.9 Å². The third-order valence-electron chi connectivity index (χ3n) is 3.70. The number of thiophene rings is 1. The molecule has 0 unspecified atom stereocenters. The van der Waals surface area contributed by atoms with Crippen LogP contribution in [0.25, 0.3) is 10.1 Å². The van der Waals surface area contributed by atoms with Gasteiger partial charge in [0.25, 0.3) is 5.91 Å². The average molecular weight is 346 g/mol. The summed E-state index contributed by atoms with van der Waals surface area (Å²) in [5, 5.41) is 4.43. The number of rotatable bonds is 4. The second-order valence-corrected chi connectivity index (χ2v) is 6.64. The minimum absolute atomic E-state index is 0.116. The van der Waals surface area contributed by atoms with Crippen LogP contribution in [0, 0.1) is 0 Å². The highest BCUT2D eigenvalue weighted by atomic mass is 35.5. The molecule has 3 nitrogen and oxygen atoms in total. The molecule has 1 atom stereocenters. The minimum Gasteiger partial charge on any atom is -0.497 e. The van der Waals surface area contributed by atoms with E-state index in [1.165, 1.54) is 11.3 Å². The molecule has 0 radical (unpaired) electrons. The van der Waals surface area contributed by atoms with E-state index in [0.717, 1.165) is 21.4 Å². The number of benzene rings is 2. The molecule has 0 saturated carbocycles. The standard InChI is InChI=1S/C18H16ClNO2S/c1-11(12-7-9-13(22-2)10-8-12)20-18(21)17-16(19)14-5-3-4-6-15(14)23-17/h3-11H,1-2H3,(H,20,21)/t11-/m1/s1. The summed E-state index contributed by atoms with van der Waals surface area (Å²) in [6.45, 7) is 1.95. The first-order valence-electron chi connectivity index (χ1n) is 7.22. The quantitative estimate of drug-likeness (QED) is 0.718. The molecule has 1 amide bonds. The SMILES string of the molecule is COc1ccc([C@@H](C)NC(=O)c2sc3ccccc3c2Cl)cc1. The van der Waals surface area contributed by atoms with Crippen molar-refractivity contribution >= 4 is 38.9 Å². The van der Waals surface area contributed by atoms with Crippen molar-refractivity contribution in [3.8, 4) is 5.75 Å². The molecule has 3 aromatic rings. The first-order valence-corrected chi connectivity index (χ1v) is 8.41. The molecule has 1 N–H and O–H groups in total. The van der Waals surface area contributed by atoms with Gasteiger partial charge >= 0.3 is 0 Å². The van der Waals surface area contributed by atoms with Crippen molar-refractivity contribution in [1.29, 1.82) is 0 Å². The number of carbonyl (C=O) groups is 1. The Kier molecular flexibility index (Phi) is 4.55. The van der Waals surface area contributed by atoms with Crippen LogP contribution in [0.5, 0.6) is 5.75 Å². The predicted molar refractivity (Wildman–Crippen MR) is 95.7 cm³/mol. The van der Waals surface area contributed by atoms with Crippen LogP contribution in [0.3, 0.4) is 0 Å². The van der Waals surface area contributed by atoms with E-state index in [1.54, 1.807) is 7.11 Å². The smallest absolute Gasteiger partial charge is 0.263 e. The third-order valence-corrected chi connectivity index (χ3v) is 5.38. The summed E-state index contributed by atoms with van der Waals surface area (Å²) in [7, 11) is 1.63. The number of carbonyl (C=O) groups excluding carboxylic acids is 1. The van der Waals surface area contributed by atoms with Crippen LogP contribution < -0.4 is 10.1 Å². The zero-order valence-corrected chi connectivity index (χ0v) is 14.4. The van der Waals surface area contributed by atoms with Crippen LogP contribution in [0.15, 0.2) is 48.5 Å². The van der Waals surface area contributed by atoms with Gasteiger partial charge < -0.3 is 10.1 Å². The molecule has 0 aliphatic rings. The van der Waals surface area contributed by atoms with E-state index in [0.29, 0.717) is 9.90 Å². The first-order chi connectivity index (χ1) is 11.1. The summed E-state index contributed by atoms with van der Waals surface area (Å²) in [6.07, 6.45) is 0. The average Bonchev–Trinajstić information content (AvgIpc) is 2.92. The van der Waals surface area contributed by atoms with Gasteiger partial charge in [-0.1, -0.05) is 41.9 Å². The van der Waals surface area contributed by atoms with E-state index in [2.05, 4.69) is 5.32 Å². The normalized spacial score (nSPS) is 12.1. The van der Waals surface area contributed by atoms with Crippen LogP contribution >= 0.6 is 22.9 Å². The monoisotopic (exact) mass is 345 g/mol. The molecule has 3 rings (SSSR count). The lowest BCUT2D eigenvalue weighted by atomic mass is 10.1. The molecule has 1 heterocycles. The van der Waals surface area contributed by atoms with Crippen molar-refractivity contribution in [3.05, 3.63) is 64.0 Å². The Bertz CT molecular complexity index is 842. The summed E-state index contributed by atoms with van der Waals surface area (Å²) in [6, 6.07) is 15.3. The van der Waals surface area contributed by atoms with Crippen molar-refractivity contribution in [2.75, 3.05) is 7.11 Å². The topological polar surface area (TPSA) is 38.3 Å². The van der Waals surface area contributed by atoms with Gasteiger partial charge in [-0.15, -0.1) is 11.3 Å². The molecule has 0 bridgehead atoms. The van der Waals surface area contributed by atoms with Crippen molar-refractivity contribution in [1.82, 2.24) is 5.32 Å². The molecule has 0 aliphatic heterocycles. The highest BCUT2D eigenvalue weighted by Crippen LogP contribution is 2.35. The van der Waals surface area contributed by atoms with E-state index in [4.69, 9.17) is 16.3 Å². The highest BCUT2D eigenvalue weighted by molar-refractivity contribution is 7.21. The van der Waals surface area contributed by atoms with Gasteiger partial charge in [0.2, 0.25) is 0 Å². The number of fused-ring (bicyclic) bond motifs is 1. The summed E-state index contributed by atoms with van der Waals surface area (Å²) < 4.78 is 6.16. The maximum absolute atomic E-state index is 12.5. The maximum Gasteiger partial charge on any atom is 0.263 e. The molecule has 1 aromatic heterocycles. The van der Waals surface area contributed by atoms with Crippen molar-refractivity contribution in [2.45, 2.75) is 13.0 Å². The van der Waals surface area contributed by atoms with Gasteiger partial charge in [0.05, 0.1) is 18.2 Å². The number of hydrogen-bond donors (Lipinski definition) is 1. The van der Waals surface area contributed by atoms with Crippen LogP contribution in [0.2, 0.25) is 5.02 Å². The fourth-order valence-corrected chi connectivity index (χ4v) is 3.82. The largest absolute Gasteiger partial charge is 0.497 e. The fourth-order valence-electron chi connectivity index (χ4n) is 2.40. The molecular formula is C18H16ClNO2S. The number of halogens is 1. The lowest BCUT2D eigenvalue weighted by Crippen LogP contribution is -2.26. The summed E-state index contributed by atoms with van der Waals surface area (Å²) in [5.74, 6) is 0.638. The minimum atomic E-state index is -0.153. The van der Waals surface area contributed by atoms with Crippen LogP contribution in [-0.2, 0) is 0 Å². The van der Waals surface area contributed by atoms with Crippen LogP contribution in [-0.4, -0.2) is 13.0 Å². The van der Waals surface area contributed by atoms with Gasteiger partial charge in [-0.25, -0.2) is 0 Å². The van der Waals surface area contributed by atoms with Crippen molar-refractivity contribution < 1.29 is 9.53 Å². The number of amides is 1. The fraction of sp³-hybridized carbons (Fsp3) is 0.167. The van der Waals surface area contributed by atoms with Gasteiger partial charge in [0.1, 0.15) is 10.6 Å². The third kappa shape index (κ3) is 3.19. The molecule has 5 heteroatoms. The first kappa shape index (κ1) is 15.8. The Morgan fingerprint density at radius 3 is 2.52 bits per heavy atom. The van der Waals surface area contributed by atoms with Gasteiger partial charge in [0.15, 0.2) is 0 Å². The zero-order valence-electron chi connectivity index (χ0n) is 12.8. The number of ether oxygens (including phenoxy) is 1. The molecule has 0 fully saturated rings. The summed E-state index contributed by atoms with van der Waals surface area (Å²) in [5.41, 5.74) is 1.01. The Hall–Kier alpha value is -2.04. The maximum atomic E-state index is 12.5. The van der Waals surface area contributed by atoms with E-state index in [1.807, 2.05) is 55.5 Å². The molecule has 118 valence electrons. The summed E-state index contributed by atoms with van der Waals surface area (Å²) in [4.78, 5) is 13.1. The number of hydrogen-bond acceptors (Lipinski definition) is 3. The highest BCUT2D eigenvalue weighted by Gasteiger charge is 2.19. The summed E-state index contributed by atoms with van der Waals surface area (Å²) >= 11 is 7.77. The van der Waals surface area contributed by atoms with Crippen molar-refractivity contribution in [2.24, 2.45) is 0 Å². The van der Waals surface area contributed by atoms with Gasteiger partial charge in [-0.05, 0) is 30.7 Å². The second-order valence-electron chi connectivity index (χ2n) is 5.21. The number of nitrogens with one attached hydrogen (secondary N) is 1. The van der Waals surface area contributed by atoms with E-state index < -0.39 is 0 Å². The molecule has 2 aromatic carbocycles. The molecule has 23 heavy (non-hydrogen) atoms. The van der Waals surface area contributed by atoms with Crippen molar-refractivity contribution in [3.63, 3.8) is 0 Å². The lowest BCUT2D eigenvalue weighted by Gasteiger charge is -2.14. The lowest BCUT2D eigenvalue weighted by molar-refractivity contribution is 0.0944. The Morgan fingerprint density at radius 2 is 1.87 bits per heavy atom. The Morgan fingerprint density at radius 1 is 1.17 bits per heavy atom. The Balaban J connectivity index is 1.80. The van der Waals surface area contributed by atoms with E-state index >= 15 is 0 Å². The van der Waals surface area contributed by atoms with Gasteiger partial charge in [-0.3, -0.25) is 4.79 Å². The van der Waals surface area contributed by atoms with Gasteiger partial charge in [0, 0.05) is 10.1 Å².